The van der Waals surface area contributed by atoms with E-state index < -0.39 is 9.84 Å². The fraction of sp³-hybridized carbons (Fsp3) is 0.550. The van der Waals surface area contributed by atoms with Crippen molar-refractivity contribution in [2.75, 3.05) is 31.7 Å². The van der Waals surface area contributed by atoms with E-state index in [2.05, 4.69) is 30.0 Å². The monoisotopic (exact) mass is 391 g/mol. The molecule has 0 unspecified atom stereocenters. The Balaban J connectivity index is 1.58. The number of sulfone groups is 1. The van der Waals surface area contributed by atoms with Crippen LogP contribution in [0, 0.1) is 20.8 Å². The third-order valence-corrected chi connectivity index (χ3v) is 6.94. The first kappa shape index (κ1) is 19.9. The van der Waals surface area contributed by atoms with Crippen molar-refractivity contribution in [3.63, 3.8) is 0 Å². The molecule has 2 heterocycles. The van der Waals surface area contributed by atoms with Crippen LogP contribution in [0.1, 0.15) is 35.0 Å². The number of hydrogen-bond donors (Lipinski definition) is 0. The largest absolute Gasteiger partial charge is 0.492 e. The highest BCUT2D eigenvalue weighted by Crippen LogP contribution is 2.27. The van der Waals surface area contributed by atoms with E-state index in [9.17, 15) is 8.42 Å². The molecule has 1 aromatic carbocycles. The molecule has 0 radical (unpaired) electrons. The maximum absolute atomic E-state index is 11.8. The van der Waals surface area contributed by atoms with Gasteiger partial charge in [-0.15, -0.1) is 0 Å². The zero-order valence-electron chi connectivity index (χ0n) is 16.6. The van der Waals surface area contributed by atoms with Gasteiger partial charge in [-0.2, -0.15) is 5.10 Å². The fourth-order valence-corrected chi connectivity index (χ4v) is 5.32. The van der Waals surface area contributed by atoms with Gasteiger partial charge < -0.3 is 4.74 Å². The lowest BCUT2D eigenvalue weighted by atomic mass is 10.1. The smallest absolute Gasteiger partial charge is 0.152 e. The van der Waals surface area contributed by atoms with Gasteiger partial charge in [-0.05, 0) is 51.9 Å². The van der Waals surface area contributed by atoms with Crippen molar-refractivity contribution in [3.05, 3.63) is 46.8 Å². The van der Waals surface area contributed by atoms with Crippen molar-refractivity contribution in [1.29, 1.82) is 0 Å². The van der Waals surface area contributed by atoms with Gasteiger partial charge >= 0.3 is 0 Å². The molecule has 148 valence electrons. The van der Waals surface area contributed by atoms with Crippen LogP contribution in [0.2, 0.25) is 0 Å². The van der Waals surface area contributed by atoms with Crippen LogP contribution in [0.25, 0.3) is 0 Å². The third kappa shape index (κ3) is 4.90. The normalized spacial score (nSPS) is 18.9. The number of benzene rings is 1. The Hall–Kier alpha value is -1.86. The predicted molar refractivity (Wildman–Crippen MR) is 107 cm³/mol. The molecule has 1 atom stereocenters. The Morgan fingerprint density at radius 2 is 2.07 bits per heavy atom. The van der Waals surface area contributed by atoms with Gasteiger partial charge in [0, 0.05) is 24.3 Å². The van der Waals surface area contributed by atoms with Crippen molar-refractivity contribution in [1.82, 2.24) is 14.7 Å². The summed E-state index contributed by atoms with van der Waals surface area (Å²) in [5, 5.41) is 4.64. The molecule has 1 fully saturated rings. The molecule has 0 aliphatic carbocycles. The first-order chi connectivity index (χ1) is 12.7. The predicted octanol–water partition coefficient (Wildman–Crippen LogP) is 2.68. The summed E-state index contributed by atoms with van der Waals surface area (Å²) < 4.78 is 31.3. The second-order valence-electron chi connectivity index (χ2n) is 7.55. The van der Waals surface area contributed by atoms with Gasteiger partial charge in [0.15, 0.2) is 9.84 Å². The Labute approximate surface area is 162 Å². The molecule has 1 aliphatic rings. The lowest BCUT2D eigenvalue weighted by molar-refractivity contribution is 0.232. The summed E-state index contributed by atoms with van der Waals surface area (Å²) in [7, 11) is -0.851. The molecule has 0 bridgehead atoms. The van der Waals surface area contributed by atoms with E-state index in [1.54, 1.807) is 0 Å². The number of hydrogen-bond acceptors (Lipinski definition) is 5. The molecule has 0 saturated carbocycles. The zero-order chi connectivity index (χ0) is 19.6. The van der Waals surface area contributed by atoms with Gasteiger partial charge in [0.2, 0.25) is 0 Å². The second kappa shape index (κ2) is 8.02. The van der Waals surface area contributed by atoms with Gasteiger partial charge in [-0.1, -0.05) is 12.1 Å². The van der Waals surface area contributed by atoms with Crippen LogP contribution in [-0.4, -0.2) is 54.8 Å². The molecule has 2 aromatic rings. The molecule has 7 heteroatoms. The highest BCUT2D eigenvalue weighted by Gasteiger charge is 2.31. The van der Waals surface area contributed by atoms with E-state index in [4.69, 9.17) is 4.74 Å². The summed E-state index contributed by atoms with van der Waals surface area (Å²) in [6.45, 7) is 8.28. The average Bonchev–Trinajstić information content (AvgIpc) is 3.08. The minimum Gasteiger partial charge on any atom is -0.492 e. The minimum atomic E-state index is -2.92. The minimum absolute atomic E-state index is 0.0302. The average molecular weight is 392 g/mol. The lowest BCUT2D eigenvalue weighted by Gasteiger charge is -2.18. The van der Waals surface area contributed by atoms with E-state index in [0.717, 1.165) is 30.2 Å². The van der Waals surface area contributed by atoms with E-state index in [0.29, 0.717) is 13.0 Å². The molecule has 6 nitrogen and oxygen atoms in total. The third-order valence-electron chi connectivity index (χ3n) is 5.19. The highest BCUT2D eigenvalue weighted by molar-refractivity contribution is 7.91. The molecule has 1 aliphatic heterocycles. The molecule has 1 aromatic heterocycles. The summed E-state index contributed by atoms with van der Waals surface area (Å²) in [6, 6.07) is 8.03. The molecule has 0 spiro atoms. The SMILES string of the molecule is Cc1cccc(OCCN(C)Cc2c(C)nn([C@@H]3CCS(=O)(=O)C3)c2C)c1. The number of aromatic nitrogens is 2. The van der Waals surface area contributed by atoms with E-state index >= 15 is 0 Å². The van der Waals surface area contributed by atoms with Crippen LogP contribution < -0.4 is 4.74 Å². The summed E-state index contributed by atoms with van der Waals surface area (Å²) >= 11 is 0. The van der Waals surface area contributed by atoms with Crippen LogP contribution in [0.3, 0.4) is 0 Å². The van der Waals surface area contributed by atoms with Gasteiger partial charge in [0.1, 0.15) is 12.4 Å². The summed E-state index contributed by atoms with van der Waals surface area (Å²) in [4.78, 5) is 2.21. The summed E-state index contributed by atoms with van der Waals surface area (Å²) in [5.74, 6) is 1.36. The highest BCUT2D eigenvalue weighted by atomic mass is 32.2. The summed E-state index contributed by atoms with van der Waals surface area (Å²) in [6.07, 6.45) is 0.657. The maximum atomic E-state index is 11.8. The number of likely N-dealkylation sites (N-methyl/N-ethyl adjacent to an activating group) is 1. The first-order valence-electron chi connectivity index (χ1n) is 9.38. The molecule has 1 saturated heterocycles. The standard InChI is InChI=1S/C20H29N3O3S/c1-15-6-5-7-19(12-15)26-10-9-22(4)13-20-16(2)21-23(17(20)3)18-8-11-27(24,25)14-18/h5-7,12,18H,8-11,13-14H2,1-4H3/t18-/m1/s1. The number of ether oxygens (including phenoxy) is 1. The van der Waals surface area contributed by atoms with Crippen LogP contribution in [0.5, 0.6) is 5.75 Å². The van der Waals surface area contributed by atoms with Gasteiger partial charge in [0.05, 0.1) is 23.2 Å². The summed E-state index contributed by atoms with van der Waals surface area (Å²) in [5.41, 5.74) is 4.41. The van der Waals surface area contributed by atoms with Crippen molar-refractivity contribution in [2.24, 2.45) is 0 Å². The van der Waals surface area contributed by atoms with Crippen molar-refractivity contribution in [2.45, 2.75) is 39.8 Å². The van der Waals surface area contributed by atoms with Gasteiger partial charge in [0.25, 0.3) is 0 Å². The molecule has 27 heavy (non-hydrogen) atoms. The van der Waals surface area contributed by atoms with E-state index in [1.165, 1.54) is 11.1 Å². The van der Waals surface area contributed by atoms with Crippen LogP contribution in [0.15, 0.2) is 24.3 Å². The van der Waals surface area contributed by atoms with Crippen molar-refractivity contribution in [3.8, 4) is 5.75 Å². The Morgan fingerprint density at radius 1 is 1.30 bits per heavy atom. The topological polar surface area (TPSA) is 64.4 Å². The van der Waals surface area contributed by atoms with Crippen LogP contribution in [-0.2, 0) is 16.4 Å². The lowest BCUT2D eigenvalue weighted by Crippen LogP contribution is -2.24. The molecule has 3 rings (SSSR count). The molecular weight excluding hydrogens is 362 g/mol. The Bertz CT molecular complexity index is 905. The zero-order valence-corrected chi connectivity index (χ0v) is 17.4. The van der Waals surface area contributed by atoms with Gasteiger partial charge in [-0.25, -0.2) is 8.42 Å². The van der Waals surface area contributed by atoms with Gasteiger partial charge in [-0.3, -0.25) is 9.58 Å². The van der Waals surface area contributed by atoms with Crippen molar-refractivity contribution < 1.29 is 13.2 Å². The maximum Gasteiger partial charge on any atom is 0.152 e. The Kier molecular flexibility index (Phi) is 5.91. The number of nitrogens with zero attached hydrogens (tertiary/aromatic N) is 3. The van der Waals surface area contributed by atoms with Crippen molar-refractivity contribution >= 4 is 9.84 Å². The molecule has 0 N–H and O–H groups in total. The Morgan fingerprint density at radius 3 is 2.74 bits per heavy atom. The quantitative estimate of drug-likeness (QED) is 0.726. The molecular formula is C20H29N3O3S. The van der Waals surface area contributed by atoms with Crippen LogP contribution in [0.4, 0.5) is 0 Å². The van der Waals surface area contributed by atoms with Crippen LogP contribution >= 0.6 is 0 Å². The molecule has 0 amide bonds. The second-order valence-corrected chi connectivity index (χ2v) is 9.78. The number of aryl methyl sites for hydroxylation is 2. The van der Waals surface area contributed by atoms with E-state index in [1.807, 2.05) is 36.7 Å². The first-order valence-corrected chi connectivity index (χ1v) is 11.2. The number of rotatable bonds is 7. The van der Waals surface area contributed by atoms with E-state index in [-0.39, 0.29) is 17.5 Å². The fourth-order valence-electron chi connectivity index (χ4n) is 3.62.